The number of piperidine rings is 1. The third-order valence-electron chi connectivity index (χ3n) is 3.14. The maximum atomic E-state index is 8.87. The number of aliphatic hydroxyl groups is 2. The van der Waals surface area contributed by atoms with Crippen molar-refractivity contribution in [1.82, 2.24) is 10.2 Å². The van der Waals surface area contributed by atoms with Crippen molar-refractivity contribution in [2.75, 3.05) is 45.9 Å². The van der Waals surface area contributed by atoms with Crippen LogP contribution in [0.1, 0.15) is 19.3 Å². The van der Waals surface area contributed by atoms with E-state index in [0.29, 0.717) is 13.1 Å². The minimum absolute atomic E-state index is 0. The van der Waals surface area contributed by atoms with E-state index in [9.17, 15) is 0 Å². The van der Waals surface area contributed by atoms with Crippen molar-refractivity contribution in [2.45, 2.75) is 19.3 Å². The van der Waals surface area contributed by atoms with Crippen molar-refractivity contribution in [2.24, 2.45) is 5.92 Å². The minimum Gasteiger partial charge on any atom is -0.395 e. The molecule has 0 aliphatic carbocycles. The minimum atomic E-state index is 0. The first kappa shape index (κ1) is 16.1. The van der Waals surface area contributed by atoms with E-state index in [2.05, 4.69) is 10.2 Å². The van der Waals surface area contributed by atoms with Gasteiger partial charge >= 0.3 is 0 Å². The average molecular weight is 253 g/mol. The Morgan fingerprint density at radius 3 is 2.06 bits per heavy atom. The molecule has 0 unspecified atom stereocenters. The third-order valence-corrected chi connectivity index (χ3v) is 3.14. The highest BCUT2D eigenvalue weighted by Gasteiger charge is 2.14. The summed E-state index contributed by atoms with van der Waals surface area (Å²) >= 11 is 0. The molecular formula is C11H25ClN2O2. The Morgan fingerprint density at radius 2 is 1.56 bits per heavy atom. The van der Waals surface area contributed by atoms with Crippen molar-refractivity contribution in [1.29, 1.82) is 0 Å². The summed E-state index contributed by atoms with van der Waals surface area (Å²) in [4.78, 5) is 2.14. The van der Waals surface area contributed by atoms with Gasteiger partial charge in [0.15, 0.2) is 0 Å². The second kappa shape index (κ2) is 10.3. The number of hydrogen-bond acceptors (Lipinski definition) is 4. The standard InChI is InChI=1S/C11H24N2O2.ClH/c14-9-7-13(8-10-15)6-3-11-1-4-12-5-2-11;/h11-12,14-15H,1-10H2;1H. The van der Waals surface area contributed by atoms with Crippen molar-refractivity contribution in [3.63, 3.8) is 0 Å². The highest BCUT2D eigenvalue weighted by atomic mass is 35.5. The van der Waals surface area contributed by atoms with Gasteiger partial charge in [0.25, 0.3) is 0 Å². The van der Waals surface area contributed by atoms with Crippen LogP contribution in [-0.4, -0.2) is 61.1 Å². The monoisotopic (exact) mass is 252 g/mol. The van der Waals surface area contributed by atoms with Gasteiger partial charge in [-0.15, -0.1) is 12.4 Å². The Kier molecular flexibility index (Phi) is 10.4. The fraction of sp³-hybridized carbons (Fsp3) is 1.00. The Balaban J connectivity index is 0.00000225. The Morgan fingerprint density at radius 1 is 1.00 bits per heavy atom. The number of nitrogens with one attached hydrogen (secondary N) is 1. The van der Waals surface area contributed by atoms with Crippen molar-refractivity contribution < 1.29 is 10.2 Å². The first-order chi connectivity index (χ1) is 7.36. The Hall–Kier alpha value is 0.130. The molecule has 4 nitrogen and oxygen atoms in total. The SMILES string of the molecule is Cl.OCCN(CCO)CCC1CCNCC1. The van der Waals surface area contributed by atoms with Crippen LogP contribution in [0.15, 0.2) is 0 Å². The highest BCUT2D eigenvalue weighted by molar-refractivity contribution is 5.85. The van der Waals surface area contributed by atoms with Crippen LogP contribution >= 0.6 is 12.4 Å². The first-order valence-corrected chi connectivity index (χ1v) is 6.01. The van der Waals surface area contributed by atoms with E-state index in [-0.39, 0.29) is 25.6 Å². The van der Waals surface area contributed by atoms with Crippen LogP contribution in [-0.2, 0) is 0 Å². The summed E-state index contributed by atoms with van der Waals surface area (Å²) in [5.74, 6) is 0.825. The maximum Gasteiger partial charge on any atom is 0.0558 e. The maximum absolute atomic E-state index is 8.87. The van der Waals surface area contributed by atoms with Crippen LogP contribution in [0.3, 0.4) is 0 Å². The smallest absolute Gasteiger partial charge is 0.0558 e. The molecule has 5 heteroatoms. The summed E-state index contributed by atoms with van der Waals surface area (Å²) in [5.41, 5.74) is 0. The van der Waals surface area contributed by atoms with E-state index in [1.54, 1.807) is 0 Å². The summed E-state index contributed by atoms with van der Waals surface area (Å²) in [5, 5.41) is 21.1. The molecule has 0 aromatic carbocycles. The molecule has 0 atom stereocenters. The normalized spacial score (nSPS) is 17.4. The Bertz CT molecular complexity index is 149. The topological polar surface area (TPSA) is 55.7 Å². The van der Waals surface area contributed by atoms with Crippen LogP contribution in [0.5, 0.6) is 0 Å². The zero-order valence-electron chi connectivity index (χ0n) is 9.90. The lowest BCUT2D eigenvalue weighted by Gasteiger charge is -2.26. The fourth-order valence-corrected chi connectivity index (χ4v) is 2.15. The number of rotatable bonds is 7. The van der Waals surface area contributed by atoms with Gasteiger partial charge in [0.2, 0.25) is 0 Å². The van der Waals surface area contributed by atoms with E-state index in [1.165, 1.54) is 19.3 Å². The second-order valence-corrected chi connectivity index (χ2v) is 4.27. The van der Waals surface area contributed by atoms with Crippen molar-refractivity contribution in [3.05, 3.63) is 0 Å². The quantitative estimate of drug-likeness (QED) is 0.601. The van der Waals surface area contributed by atoms with E-state index >= 15 is 0 Å². The molecule has 98 valence electrons. The van der Waals surface area contributed by atoms with Gasteiger partial charge in [0.1, 0.15) is 0 Å². The molecule has 0 radical (unpaired) electrons. The van der Waals surface area contributed by atoms with Gasteiger partial charge in [-0.1, -0.05) is 0 Å². The van der Waals surface area contributed by atoms with Gasteiger partial charge in [-0.2, -0.15) is 0 Å². The van der Waals surface area contributed by atoms with Crippen LogP contribution < -0.4 is 5.32 Å². The number of nitrogens with zero attached hydrogens (tertiary/aromatic N) is 1. The van der Waals surface area contributed by atoms with E-state index in [4.69, 9.17) is 10.2 Å². The lowest BCUT2D eigenvalue weighted by molar-refractivity contribution is 0.151. The molecule has 1 rings (SSSR count). The summed E-state index contributed by atoms with van der Waals surface area (Å²) in [7, 11) is 0. The van der Waals surface area contributed by atoms with Gasteiger partial charge in [-0.05, 0) is 44.8 Å². The number of hydrogen-bond donors (Lipinski definition) is 3. The molecule has 0 bridgehead atoms. The molecule has 1 aliphatic rings. The lowest BCUT2D eigenvalue weighted by atomic mass is 9.94. The molecule has 0 amide bonds. The summed E-state index contributed by atoms with van der Waals surface area (Å²) in [6.07, 6.45) is 3.74. The van der Waals surface area contributed by atoms with Gasteiger partial charge < -0.3 is 15.5 Å². The average Bonchev–Trinajstić information content (AvgIpc) is 2.28. The van der Waals surface area contributed by atoms with Gasteiger partial charge in [0.05, 0.1) is 13.2 Å². The van der Waals surface area contributed by atoms with E-state index < -0.39 is 0 Å². The van der Waals surface area contributed by atoms with E-state index in [0.717, 1.165) is 25.6 Å². The van der Waals surface area contributed by atoms with Crippen LogP contribution in [0, 0.1) is 5.92 Å². The molecule has 1 heterocycles. The first-order valence-electron chi connectivity index (χ1n) is 6.01. The molecule has 1 aliphatic heterocycles. The van der Waals surface area contributed by atoms with Gasteiger partial charge in [0, 0.05) is 13.1 Å². The molecule has 3 N–H and O–H groups in total. The zero-order chi connectivity index (χ0) is 10.9. The number of halogens is 1. The van der Waals surface area contributed by atoms with Crippen LogP contribution in [0.25, 0.3) is 0 Å². The molecular weight excluding hydrogens is 228 g/mol. The Labute approximate surface area is 104 Å². The summed E-state index contributed by atoms with van der Waals surface area (Å²) in [6.45, 7) is 5.04. The molecule has 0 spiro atoms. The highest BCUT2D eigenvalue weighted by Crippen LogP contribution is 2.16. The largest absolute Gasteiger partial charge is 0.395 e. The molecule has 0 aromatic rings. The van der Waals surface area contributed by atoms with Crippen molar-refractivity contribution >= 4 is 12.4 Å². The molecule has 0 saturated carbocycles. The summed E-state index contributed by atoms with van der Waals surface area (Å²) < 4.78 is 0. The molecule has 1 fully saturated rings. The zero-order valence-corrected chi connectivity index (χ0v) is 10.7. The molecule has 16 heavy (non-hydrogen) atoms. The predicted octanol–water partition coefficient (Wildman–Crippen LogP) is 0.0845. The molecule has 1 saturated heterocycles. The van der Waals surface area contributed by atoms with E-state index in [1.807, 2.05) is 0 Å². The predicted molar refractivity (Wildman–Crippen MR) is 68.1 cm³/mol. The van der Waals surface area contributed by atoms with Crippen LogP contribution in [0.2, 0.25) is 0 Å². The van der Waals surface area contributed by atoms with Gasteiger partial charge in [-0.25, -0.2) is 0 Å². The van der Waals surface area contributed by atoms with Gasteiger partial charge in [-0.3, -0.25) is 4.90 Å². The molecule has 0 aromatic heterocycles. The second-order valence-electron chi connectivity index (χ2n) is 4.27. The fourth-order valence-electron chi connectivity index (χ4n) is 2.15. The van der Waals surface area contributed by atoms with Crippen LogP contribution in [0.4, 0.5) is 0 Å². The number of aliphatic hydroxyl groups excluding tert-OH is 2. The lowest BCUT2D eigenvalue weighted by Crippen LogP contribution is -2.34. The van der Waals surface area contributed by atoms with Crippen molar-refractivity contribution in [3.8, 4) is 0 Å². The summed E-state index contributed by atoms with van der Waals surface area (Å²) in [6, 6.07) is 0. The third kappa shape index (κ3) is 6.66.